The molecule has 7 nitrogen and oxygen atoms in total. The molecular formula is C27H35N5O2. The lowest BCUT2D eigenvalue weighted by atomic mass is 10.0. The highest BCUT2D eigenvalue weighted by Gasteiger charge is 2.24. The van der Waals surface area contributed by atoms with Gasteiger partial charge in [0.15, 0.2) is 0 Å². The van der Waals surface area contributed by atoms with Crippen molar-refractivity contribution in [1.29, 1.82) is 0 Å². The van der Waals surface area contributed by atoms with E-state index in [9.17, 15) is 9.90 Å². The molecule has 2 aromatic carbocycles. The monoisotopic (exact) mass is 461 g/mol. The summed E-state index contributed by atoms with van der Waals surface area (Å²) < 4.78 is 0. The quantitative estimate of drug-likeness (QED) is 0.541. The number of aliphatic hydroxyl groups excluding tert-OH is 1. The van der Waals surface area contributed by atoms with Gasteiger partial charge in [-0.25, -0.2) is 4.98 Å². The molecule has 0 spiro atoms. The number of carbonyl (C=O) groups is 1. The normalized spacial score (nSPS) is 19.7. The number of fused-ring (bicyclic) bond motifs is 1. The van der Waals surface area contributed by atoms with Crippen LogP contribution < -0.4 is 10.2 Å². The smallest absolute Gasteiger partial charge is 0.253 e. The summed E-state index contributed by atoms with van der Waals surface area (Å²) in [6.07, 6.45) is 3.40. The van der Waals surface area contributed by atoms with Gasteiger partial charge in [0.05, 0.1) is 23.7 Å². The van der Waals surface area contributed by atoms with Gasteiger partial charge < -0.3 is 25.2 Å². The fourth-order valence-electron chi connectivity index (χ4n) is 5.13. The fraction of sp³-hybridized carbons (Fsp3) is 0.481. The van der Waals surface area contributed by atoms with Gasteiger partial charge >= 0.3 is 0 Å². The van der Waals surface area contributed by atoms with Gasteiger partial charge in [0, 0.05) is 43.5 Å². The molecule has 3 aromatic rings. The van der Waals surface area contributed by atoms with E-state index in [-0.39, 0.29) is 5.91 Å². The second kappa shape index (κ2) is 9.76. The molecule has 2 aliphatic heterocycles. The van der Waals surface area contributed by atoms with Crippen molar-refractivity contribution in [1.82, 2.24) is 20.2 Å². The lowest BCUT2D eigenvalue weighted by Gasteiger charge is -2.34. The van der Waals surface area contributed by atoms with Crippen LogP contribution in [0.15, 0.2) is 36.4 Å². The average molecular weight is 462 g/mol. The van der Waals surface area contributed by atoms with Crippen LogP contribution in [-0.2, 0) is 6.54 Å². The molecule has 3 heterocycles. The van der Waals surface area contributed by atoms with Gasteiger partial charge in [-0.3, -0.25) is 4.79 Å². The van der Waals surface area contributed by atoms with Crippen molar-refractivity contribution >= 4 is 22.6 Å². The third-order valence-electron chi connectivity index (χ3n) is 7.36. The predicted octanol–water partition coefficient (Wildman–Crippen LogP) is 3.54. The summed E-state index contributed by atoms with van der Waals surface area (Å²) in [6, 6.07) is 12.8. The Morgan fingerprint density at radius 3 is 2.56 bits per heavy atom. The third kappa shape index (κ3) is 4.95. The van der Waals surface area contributed by atoms with Gasteiger partial charge in [0.1, 0.15) is 5.82 Å². The van der Waals surface area contributed by atoms with E-state index in [1.807, 2.05) is 12.1 Å². The minimum absolute atomic E-state index is 0.0177. The highest BCUT2D eigenvalue weighted by atomic mass is 16.3. The maximum atomic E-state index is 12.7. The molecule has 1 amide bonds. The van der Waals surface area contributed by atoms with E-state index in [1.54, 1.807) is 4.90 Å². The van der Waals surface area contributed by atoms with E-state index in [1.165, 1.54) is 11.1 Å². The fourth-order valence-corrected chi connectivity index (χ4v) is 5.13. The zero-order chi connectivity index (χ0) is 23.7. The molecule has 0 aliphatic carbocycles. The van der Waals surface area contributed by atoms with Gasteiger partial charge in [-0.2, -0.15) is 0 Å². The number of carbonyl (C=O) groups excluding carboxylic acids is 1. The van der Waals surface area contributed by atoms with Crippen LogP contribution in [0, 0.1) is 13.8 Å². The molecule has 2 aliphatic rings. The van der Waals surface area contributed by atoms with Crippen LogP contribution in [0.25, 0.3) is 11.0 Å². The first-order valence-corrected chi connectivity index (χ1v) is 12.5. The summed E-state index contributed by atoms with van der Waals surface area (Å²) in [4.78, 5) is 25.1. The number of imidazole rings is 1. The van der Waals surface area contributed by atoms with Crippen molar-refractivity contribution in [2.24, 2.45) is 0 Å². The Labute approximate surface area is 201 Å². The standard InChI is InChI=1S/C27H35N5O2/c1-18-14-24-25(15-19(18)2)30-26(29-24)16-28-21-9-12-31(13-10-21)22-7-5-20(6-8-22)27(34)32-11-3-4-23(33)17-32/h5-8,14-15,21,23,28,33H,3-4,9-13,16-17H2,1-2H3,(H,29,30). The Balaban J connectivity index is 1.12. The maximum absolute atomic E-state index is 12.7. The van der Waals surface area contributed by atoms with Crippen LogP contribution >= 0.6 is 0 Å². The van der Waals surface area contributed by atoms with Crippen molar-refractivity contribution < 1.29 is 9.90 Å². The Kier molecular flexibility index (Phi) is 6.57. The number of aromatic amines is 1. The minimum Gasteiger partial charge on any atom is -0.391 e. The summed E-state index contributed by atoms with van der Waals surface area (Å²) in [5.41, 5.74) is 6.56. The number of piperidine rings is 2. The first kappa shape index (κ1) is 22.9. The maximum Gasteiger partial charge on any atom is 0.253 e. The van der Waals surface area contributed by atoms with Crippen molar-refractivity contribution in [2.45, 2.75) is 58.2 Å². The molecule has 34 heavy (non-hydrogen) atoms. The van der Waals surface area contributed by atoms with Crippen molar-refractivity contribution in [3.63, 3.8) is 0 Å². The lowest BCUT2D eigenvalue weighted by molar-refractivity contribution is 0.0474. The second-order valence-corrected chi connectivity index (χ2v) is 9.87. The highest BCUT2D eigenvalue weighted by molar-refractivity contribution is 5.94. The topological polar surface area (TPSA) is 84.5 Å². The van der Waals surface area contributed by atoms with E-state index < -0.39 is 6.10 Å². The predicted molar refractivity (Wildman–Crippen MR) is 135 cm³/mol. The lowest BCUT2D eigenvalue weighted by Crippen LogP contribution is -2.42. The molecule has 1 aromatic heterocycles. The molecule has 0 bridgehead atoms. The molecule has 0 radical (unpaired) electrons. The number of hydrogen-bond acceptors (Lipinski definition) is 5. The van der Waals surface area contributed by atoms with Crippen LogP contribution in [0.5, 0.6) is 0 Å². The molecular weight excluding hydrogens is 426 g/mol. The van der Waals surface area contributed by atoms with Gasteiger partial charge in [0.2, 0.25) is 0 Å². The summed E-state index contributed by atoms with van der Waals surface area (Å²) in [5.74, 6) is 1.01. The molecule has 1 atom stereocenters. The SMILES string of the molecule is Cc1cc2nc(CNC3CCN(c4ccc(C(=O)N5CCCC(O)C5)cc4)CC3)[nH]c2cc1C. The number of rotatable bonds is 5. The van der Waals surface area contributed by atoms with E-state index >= 15 is 0 Å². The summed E-state index contributed by atoms with van der Waals surface area (Å²) in [5, 5.41) is 13.5. The number of amides is 1. The largest absolute Gasteiger partial charge is 0.391 e. The van der Waals surface area contributed by atoms with E-state index in [2.05, 4.69) is 53.3 Å². The number of benzene rings is 2. The third-order valence-corrected chi connectivity index (χ3v) is 7.36. The highest BCUT2D eigenvalue weighted by Crippen LogP contribution is 2.23. The van der Waals surface area contributed by atoms with Gasteiger partial charge in [-0.1, -0.05) is 0 Å². The van der Waals surface area contributed by atoms with Gasteiger partial charge in [-0.05, 0) is 87.1 Å². The number of anilines is 1. The molecule has 2 fully saturated rings. The molecule has 3 N–H and O–H groups in total. The first-order chi connectivity index (χ1) is 16.5. The number of H-pyrrole nitrogens is 1. The number of nitrogens with one attached hydrogen (secondary N) is 2. The minimum atomic E-state index is -0.396. The first-order valence-electron chi connectivity index (χ1n) is 12.5. The van der Waals surface area contributed by atoms with Crippen molar-refractivity contribution in [3.05, 3.63) is 58.9 Å². The molecule has 0 saturated carbocycles. The molecule has 1 unspecified atom stereocenters. The van der Waals surface area contributed by atoms with Crippen molar-refractivity contribution in [3.8, 4) is 0 Å². The average Bonchev–Trinajstić information content (AvgIpc) is 3.24. The number of aliphatic hydroxyl groups is 1. The van der Waals surface area contributed by atoms with Crippen LogP contribution in [0.1, 0.15) is 53.0 Å². The Morgan fingerprint density at radius 1 is 1.09 bits per heavy atom. The van der Waals surface area contributed by atoms with Gasteiger partial charge in [0.25, 0.3) is 5.91 Å². The summed E-state index contributed by atoms with van der Waals surface area (Å²) in [6.45, 7) is 8.15. The molecule has 180 valence electrons. The summed E-state index contributed by atoms with van der Waals surface area (Å²) >= 11 is 0. The zero-order valence-electron chi connectivity index (χ0n) is 20.2. The van der Waals surface area contributed by atoms with Crippen LogP contribution in [0.3, 0.4) is 0 Å². The van der Waals surface area contributed by atoms with Crippen LogP contribution in [0.4, 0.5) is 5.69 Å². The zero-order valence-corrected chi connectivity index (χ0v) is 20.2. The second-order valence-electron chi connectivity index (χ2n) is 9.87. The van der Waals surface area contributed by atoms with Gasteiger partial charge in [-0.15, -0.1) is 0 Å². The number of aryl methyl sites for hydroxylation is 2. The Hall–Kier alpha value is -2.90. The molecule has 7 heteroatoms. The van der Waals surface area contributed by atoms with Crippen LogP contribution in [0.2, 0.25) is 0 Å². The van der Waals surface area contributed by atoms with E-state index in [0.717, 1.165) is 74.4 Å². The summed E-state index contributed by atoms with van der Waals surface area (Å²) in [7, 11) is 0. The number of likely N-dealkylation sites (tertiary alicyclic amines) is 1. The molecule has 2 saturated heterocycles. The van der Waals surface area contributed by atoms with E-state index in [0.29, 0.717) is 18.2 Å². The Morgan fingerprint density at radius 2 is 1.82 bits per heavy atom. The molecule has 5 rings (SSSR count). The number of aromatic nitrogens is 2. The van der Waals surface area contributed by atoms with Crippen LogP contribution in [-0.4, -0.2) is 64.2 Å². The Bertz CT molecular complexity index is 1110. The van der Waals surface area contributed by atoms with E-state index in [4.69, 9.17) is 4.98 Å². The number of β-amino-alcohol motifs (C(OH)–C–C–N with tert-alkyl or cyclic N) is 1. The van der Waals surface area contributed by atoms with Crippen molar-refractivity contribution in [2.75, 3.05) is 31.1 Å². The number of nitrogens with zero attached hydrogens (tertiary/aromatic N) is 3. The number of hydrogen-bond donors (Lipinski definition) is 3.